The van der Waals surface area contributed by atoms with E-state index in [0.29, 0.717) is 12.4 Å². The molecule has 1 heterocycles. The second-order valence-electron chi connectivity index (χ2n) is 5.81. The van der Waals surface area contributed by atoms with Crippen molar-refractivity contribution < 1.29 is 4.79 Å². The molecule has 4 rings (SSSR count). The van der Waals surface area contributed by atoms with Gasteiger partial charge in [0.1, 0.15) is 5.84 Å². The Kier molecular flexibility index (Phi) is 4.01. The number of hydrogen-bond acceptors (Lipinski definition) is 1. The number of amidine groups is 1. The number of hydrogen-bond donors (Lipinski definition) is 1. The summed E-state index contributed by atoms with van der Waals surface area (Å²) in [6.07, 6.45) is 0. The molecular formula is C21H17N3O. The summed E-state index contributed by atoms with van der Waals surface area (Å²) < 4.78 is 0. The van der Waals surface area contributed by atoms with E-state index in [2.05, 4.69) is 21.3 Å². The highest BCUT2D eigenvalue weighted by molar-refractivity contribution is 6.17. The maximum absolute atomic E-state index is 12.4. The number of anilines is 2. The second kappa shape index (κ2) is 6.61. The van der Waals surface area contributed by atoms with Crippen LogP contribution < -0.4 is 10.2 Å². The number of nitrogens with one attached hydrogen (secondary N) is 1. The van der Waals surface area contributed by atoms with Crippen molar-refractivity contribution in [1.82, 2.24) is 0 Å². The van der Waals surface area contributed by atoms with E-state index in [1.54, 1.807) is 0 Å². The van der Waals surface area contributed by atoms with E-state index in [1.165, 1.54) is 0 Å². The fourth-order valence-corrected chi connectivity index (χ4v) is 2.98. The van der Waals surface area contributed by atoms with Gasteiger partial charge >= 0.3 is 6.03 Å². The van der Waals surface area contributed by atoms with E-state index >= 15 is 0 Å². The average Bonchev–Trinajstić information content (AvgIpc) is 3.02. The minimum Gasteiger partial charge on any atom is -0.321 e. The van der Waals surface area contributed by atoms with Crippen LogP contribution in [-0.2, 0) is 6.54 Å². The van der Waals surface area contributed by atoms with Gasteiger partial charge in [0.25, 0.3) is 0 Å². The molecule has 0 aromatic heterocycles. The van der Waals surface area contributed by atoms with E-state index in [9.17, 15) is 4.79 Å². The molecule has 4 nitrogen and oxygen atoms in total. The Morgan fingerprint density at radius 3 is 2.24 bits per heavy atom. The van der Waals surface area contributed by atoms with E-state index < -0.39 is 0 Å². The first-order valence-electron chi connectivity index (χ1n) is 8.17. The summed E-state index contributed by atoms with van der Waals surface area (Å²) in [5.74, 6) is 0.676. The van der Waals surface area contributed by atoms with Crippen molar-refractivity contribution in [1.29, 1.82) is 0 Å². The molecular weight excluding hydrogens is 310 g/mol. The molecule has 0 atom stereocenters. The Morgan fingerprint density at radius 2 is 1.48 bits per heavy atom. The first kappa shape index (κ1) is 15.1. The van der Waals surface area contributed by atoms with E-state index in [0.717, 1.165) is 22.5 Å². The number of para-hydroxylation sites is 2. The average molecular weight is 327 g/mol. The van der Waals surface area contributed by atoms with Gasteiger partial charge in [-0.25, -0.2) is 4.79 Å². The first-order chi connectivity index (χ1) is 12.3. The third kappa shape index (κ3) is 3.15. The molecule has 1 N–H and O–H groups in total. The minimum absolute atomic E-state index is 0.376. The van der Waals surface area contributed by atoms with Crippen molar-refractivity contribution in [2.24, 2.45) is 4.99 Å². The zero-order valence-corrected chi connectivity index (χ0v) is 13.6. The molecule has 0 saturated heterocycles. The highest BCUT2D eigenvalue weighted by atomic mass is 16.2. The number of rotatable bonds is 2. The maximum atomic E-state index is 12.4. The molecule has 0 bridgehead atoms. The Bertz CT molecular complexity index is 920. The number of nitrogens with zero attached hydrogens (tertiary/aromatic N) is 2. The monoisotopic (exact) mass is 327 g/mol. The van der Waals surface area contributed by atoms with Gasteiger partial charge in [0.05, 0.1) is 6.54 Å². The topological polar surface area (TPSA) is 44.7 Å². The predicted molar refractivity (Wildman–Crippen MR) is 101 cm³/mol. The number of benzene rings is 3. The fraction of sp³-hybridized carbons (Fsp3) is 0.0476. The lowest BCUT2D eigenvalue weighted by Crippen LogP contribution is -2.26. The molecule has 1 aliphatic rings. The molecule has 4 heteroatoms. The van der Waals surface area contributed by atoms with E-state index in [-0.39, 0.29) is 6.03 Å². The second-order valence-corrected chi connectivity index (χ2v) is 5.81. The van der Waals surface area contributed by atoms with Crippen LogP contribution in [0.3, 0.4) is 0 Å². The zero-order chi connectivity index (χ0) is 17.1. The normalized spacial score (nSPS) is 14.4. The molecule has 0 fully saturated rings. The number of fused-ring (bicyclic) bond motifs is 1. The summed E-state index contributed by atoms with van der Waals surface area (Å²) in [5.41, 5.74) is 3.91. The smallest absolute Gasteiger partial charge is 0.321 e. The number of carbonyl (C=O) groups excluding carboxylic acids is 1. The number of carbonyl (C=O) groups is 1. The Labute approximate surface area is 146 Å². The van der Waals surface area contributed by atoms with Crippen molar-refractivity contribution in [3.05, 3.63) is 96.1 Å². The lowest BCUT2D eigenvalue weighted by atomic mass is 10.1. The van der Waals surface area contributed by atoms with Crippen LogP contribution in [0, 0.1) is 0 Å². The summed E-state index contributed by atoms with van der Waals surface area (Å²) in [7, 11) is 0. The van der Waals surface area contributed by atoms with E-state index in [1.807, 2.05) is 78.9 Å². The van der Waals surface area contributed by atoms with Gasteiger partial charge in [-0.15, -0.1) is 0 Å². The molecule has 0 unspecified atom stereocenters. The van der Waals surface area contributed by atoms with Crippen LogP contribution in [0.1, 0.15) is 11.1 Å². The van der Waals surface area contributed by atoms with Gasteiger partial charge in [-0.3, -0.25) is 0 Å². The van der Waals surface area contributed by atoms with Crippen molar-refractivity contribution in [3.8, 4) is 0 Å². The quantitative estimate of drug-likeness (QED) is 0.742. The Hall–Kier alpha value is -3.40. The highest BCUT2D eigenvalue weighted by Gasteiger charge is 2.27. The molecule has 0 aliphatic carbocycles. The van der Waals surface area contributed by atoms with Gasteiger partial charge in [-0.2, -0.15) is 4.99 Å². The predicted octanol–water partition coefficient (Wildman–Crippen LogP) is 4.69. The molecule has 25 heavy (non-hydrogen) atoms. The SMILES string of the molecule is O=C(/N=C1/c2ccccc2CN1c1ccccc1)Nc1ccccc1. The Balaban J connectivity index is 1.69. The number of aliphatic imine (C=N–C) groups is 1. The lowest BCUT2D eigenvalue weighted by molar-refractivity contribution is 0.259. The van der Waals surface area contributed by atoms with Crippen molar-refractivity contribution in [2.75, 3.05) is 10.2 Å². The van der Waals surface area contributed by atoms with Crippen LogP contribution in [0.4, 0.5) is 16.2 Å². The van der Waals surface area contributed by atoms with Crippen molar-refractivity contribution >= 4 is 23.2 Å². The Morgan fingerprint density at radius 1 is 0.840 bits per heavy atom. The van der Waals surface area contributed by atoms with Crippen LogP contribution in [0.2, 0.25) is 0 Å². The summed E-state index contributed by atoms with van der Waals surface area (Å²) >= 11 is 0. The van der Waals surface area contributed by atoms with Crippen LogP contribution in [0.5, 0.6) is 0 Å². The number of urea groups is 1. The van der Waals surface area contributed by atoms with Crippen LogP contribution in [-0.4, -0.2) is 11.9 Å². The highest BCUT2D eigenvalue weighted by Crippen LogP contribution is 2.28. The molecule has 0 radical (unpaired) electrons. The molecule has 122 valence electrons. The van der Waals surface area contributed by atoms with Crippen molar-refractivity contribution in [3.63, 3.8) is 0 Å². The summed E-state index contributed by atoms with van der Waals surface area (Å²) in [5, 5.41) is 2.82. The molecule has 2 amide bonds. The standard InChI is InChI=1S/C21H17N3O/c25-21(22-17-10-3-1-4-11-17)23-20-19-14-8-7-9-16(19)15-24(20)18-12-5-2-6-13-18/h1-14H,15H2,(H,22,25)/b23-20-. The molecule has 3 aromatic carbocycles. The van der Waals surface area contributed by atoms with Gasteiger partial charge < -0.3 is 10.2 Å². The largest absolute Gasteiger partial charge is 0.347 e. The van der Waals surface area contributed by atoms with Gasteiger partial charge in [0, 0.05) is 16.9 Å². The summed E-state index contributed by atoms with van der Waals surface area (Å²) in [6, 6.07) is 27.0. The third-order valence-electron chi connectivity index (χ3n) is 4.14. The summed E-state index contributed by atoms with van der Waals surface area (Å²) in [4.78, 5) is 18.9. The van der Waals surface area contributed by atoms with Crippen LogP contribution in [0.15, 0.2) is 89.9 Å². The van der Waals surface area contributed by atoms with Gasteiger partial charge in [0.2, 0.25) is 0 Å². The van der Waals surface area contributed by atoms with Crippen molar-refractivity contribution in [2.45, 2.75) is 6.54 Å². The van der Waals surface area contributed by atoms with Crippen LogP contribution in [0.25, 0.3) is 0 Å². The maximum Gasteiger partial charge on any atom is 0.347 e. The van der Waals surface area contributed by atoms with Gasteiger partial charge in [-0.05, 0) is 29.8 Å². The minimum atomic E-state index is -0.376. The molecule has 0 spiro atoms. The number of amides is 2. The first-order valence-corrected chi connectivity index (χ1v) is 8.17. The van der Waals surface area contributed by atoms with Crippen LogP contribution >= 0.6 is 0 Å². The summed E-state index contributed by atoms with van der Waals surface area (Å²) in [6.45, 7) is 0.706. The van der Waals surface area contributed by atoms with Gasteiger partial charge in [0.15, 0.2) is 0 Å². The third-order valence-corrected chi connectivity index (χ3v) is 4.14. The fourth-order valence-electron chi connectivity index (χ4n) is 2.98. The van der Waals surface area contributed by atoms with E-state index in [4.69, 9.17) is 0 Å². The molecule has 0 saturated carbocycles. The lowest BCUT2D eigenvalue weighted by Gasteiger charge is -2.19. The molecule has 1 aliphatic heterocycles. The molecule has 3 aromatic rings. The van der Waals surface area contributed by atoms with Gasteiger partial charge in [-0.1, -0.05) is 60.7 Å². The zero-order valence-electron chi connectivity index (χ0n) is 13.6.